The minimum absolute atomic E-state index is 0.0942. The van der Waals surface area contributed by atoms with Crippen LogP contribution in [0.1, 0.15) is 35.3 Å². The first-order chi connectivity index (χ1) is 9.50. The van der Waals surface area contributed by atoms with Gasteiger partial charge in [0.05, 0.1) is 24.3 Å². The molecule has 1 aromatic rings. The molecule has 0 saturated carbocycles. The molecule has 1 fully saturated rings. The summed E-state index contributed by atoms with van der Waals surface area (Å²) < 4.78 is 10.0. The second-order valence-electron chi connectivity index (χ2n) is 5.17. The third-order valence-electron chi connectivity index (χ3n) is 3.74. The van der Waals surface area contributed by atoms with Gasteiger partial charge in [0.1, 0.15) is 11.8 Å². The number of hydrogen-bond acceptors (Lipinski definition) is 5. The normalized spacial score (nSPS) is 22.2. The molecule has 0 spiro atoms. The van der Waals surface area contributed by atoms with E-state index in [2.05, 4.69) is 5.16 Å². The van der Waals surface area contributed by atoms with E-state index >= 15 is 0 Å². The third kappa shape index (κ3) is 2.53. The van der Waals surface area contributed by atoms with E-state index < -0.39 is 11.4 Å². The molecule has 0 aromatic carbocycles. The molecule has 1 aliphatic heterocycles. The van der Waals surface area contributed by atoms with Crippen molar-refractivity contribution >= 4 is 11.8 Å². The predicted octanol–water partition coefficient (Wildman–Crippen LogP) is 0.480. The second-order valence-corrected chi connectivity index (χ2v) is 5.17. The molecule has 0 radical (unpaired) electrons. The van der Waals surface area contributed by atoms with Crippen molar-refractivity contribution in [3.63, 3.8) is 0 Å². The highest BCUT2D eigenvalue weighted by Crippen LogP contribution is 2.34. The second kappa shape index (κ2) is 5.62. The number of methoxy groups -OCH3 is 1. The van der Waals surface area contributed by atoms with E-state index in [4.69, 9.17) is 15.0 Å². The molecule has 2 heterocycles. The SMILES string of the molecule is COCC1(CC(N)=O)CCCN1C(=O)c1conc1C. The summed E-state index contributed by atoms with van der Waals surface area (Å²) in [4.78, 5) is 25.6. The largest absolute Gasteiger partial charge is 0.382 e. The highest BCUT2D eigenvalue weighted by atomic mass is 16.5. The zero-order chi connectivity index (χ0) is 14.8. The van der Waals surface area contributed by atoms with E-state index in [-0.39, 0.29) is 18.9 Å². The summed E-state index contributed by atoms with van der Waals surface area (Å²) in [7, 11) is 1.55. The van der Waals surface area contributed by atoms with E-state index in [1.807, 2.05) is 0 Å². The quantitative estimate of drug-likeness (QED) is 0.846. The van der Waals surface area contributed by atoms with Gasteiger partial charge < -0.3 is 19.9 Å². The van der Waals surface area contributed by atoms with Crippen molar-refractivity contribution in [1.29, 1.82) is 0 Å². The standard InChI is InChI=1S/C13H19N3O4/c1-9-10(7-20-15-9)12(18)16-5-3-4-13(16,8-19-2)6-11(14)17/h7H,3-6,8H2,1-2H3,(H2,14,17). The Labute approximate surface area is 117 Å². The third-order valence-corrected chi connectivity index (χ3v) is 3.74. The Morgan fingerprint density at radius 2 is 2.35 bits per heavy atom. The lowest BCUT2D eigenvalue weighted by Gasteiger charge is -2.37. The van der Waals surface area contributed by atoms with E-state index in [1.54, 1.807) is 18.9 Å². The summed E-state index contributed by atoms with van der Waals surface area (Å²) >= 11 is 0. The maximum atomic E-state index is 12.6. The molecular formula is C13H19N3O4. The van der Waals surface area contributed by atoms with Crippen molar-refractivity contribution in [3.8, 4) is 0 Å². The van der Waals surface area contributed by atoms with Gasteiger partial charge in [0.2, 0.25) is 5.91 Å². The molecule has 2 N–H and O–H groups in total. The smallest absolute Gasteiger partial charge is 0.259 e. The summed E-state index contributed by atoms with van der Waals surface area (Å²) in [6.45, 7) is 2.56. The first-order valence-corrected chi connectivity index (χ1v) is 6.50. The van der Waals surface area contributed by atoms with Gasteiger partial charge in [0.15, 0.2) is 0 Å². The van der Waals surface area contributed by atoms with Gasteiger partial charge in [-0.1, -0.05) is 5.16 Å². The number of nitrogens with two attached hydrogens (primary N) is 1. The predicted molar refractivity (Wildman–Crippen MR) is 69.9 cm³/mol. The number of likely N-dealkylation sites (tertiary alicyclic amines) is 1. The Hall–Kier alpha value is -1.89. The van der Waals surface area contributed by atoms with Crippen molar-refractivity contribution in [3.05, 3.63) is 17.5 Å². The van der Waals surface area contributed by atoms with Crippen molar-refractivity contribution in [2.24, 2.45) is 5.73 Å². The minimum Gasteiger partial charge on any atom is -0.382 e. The Kier molecular flexibility index (Phi) is 4.08. The fourth-order valence-electron chi connectivity index (χ4n) is 2.88. The minimum atomic E-state index is -0.665. The Bertz CT molecular complexity index is 513. The molecule has 0 bridgehead atoms. The summed E-state index contributed by atoms with van der Waals surface area (Å²) in [5, 5.41) is 3.72. The Morgan fingerprint density at radius 1 is 1.60 bits per heavy atom. The fraction of sp³-hybridized carbons (Fsp3) is 0.615. The summed E-state index contributed by atoms with van der Waals surface area (Å²) in [6.07, 6.45) is 2.93. The van der Waals surface area contributed by atoms with Gasteiger partial charge in [0.25, 0.3) is 5.91 Å². The van der Waals surface area contributed by atoms with Crippen molar-refractivity contribution in [1.82, 2.24) is 10.1 Å². The van der Waals surface area contributed by atoms with Gasteiger partial charge in [-0.25, -0.2) is 0 Å². The van der Waals surface area contributed by atoms with Gasteiger partial charge in [-0.3, -0.25) is 9.59 Å². The van der Waals surface area contributed by atoms with Crippen molar-refractivity contribution < 1.29 is 18.8 Å². The molecule has 1 atom stereocenters. The summed E-state index contributed by atoms with van der Waals surface area (Å²) in [5.41, 5.74) is 5.62. The van der Waals surface area contributed by atoms with Crippen LogP contribution in [0, 0.1) is 6.92 Å². The molecule has 7 nitrogen and oxygen atoms in total. The van der Waals surface area contributed by atoms with Crippen LogP contribution in [0.15, 0.2) is 10.8 Å². The number of hydrogen-bond donors (Lipinski definition) is 1. The monoisotopic (exact) mass is 281 g/mol. The van der Waals surface area contributed by atoms with Crippen LogP contribution in [-0.4, -0.2) is 47.7 Å². The highest BCUT2D eigenvalue weighted by Gasteiger charge is 2.45. The molecular weight excluding hydrogens is 262 g/mol. The number of aryl methyl sites for hydroxylation is 1. The molecule has 7 heteroatoms. The maximum absolute atomic E-state index is 12.6. The zero-order valence-electron chi connectivity index (χ0n) is 11.7. The van der Waals surface area contributed by atoms with Crippen LogP contribution >= 0.6 is 0 Å². The molecule has 1 aromatic heterocycles. The van der Waals surface area contributed by atoms with Gasteiger partial charge in [0, 0.05) is 13.7 Å². The molecule has 0 aliphatic carbocycles. The number of aromatic nitrogens is 1. The number of carbonyl (C=O) groups is 2. The van der Waals surface area contributed by atoms with Crippen LogP contribution < -0.4 is 5.73 Å². The molecule has 1 saturated heterocycles. The summed E-state index contributed by atoms with van der Waals surface area (Å²) in [6, 6.07) is 0. The molecule has 2 rings (SSSR count). The van der Waals surface area contributed by atoms with Crippen LogP contribution in [0.4, 0.5) is 0 Å². The molecule has 1 unspecified atom stereocenters. The fourth-order valence-corrected chi connectivity index (χ4v) is 2.88. The average molecular weight is 281 g/mol. The number of amides is 2. The average Bonchev–Trinajstić information content (AvgIpc) is 2.95. The van der Waals surface area contributed by atoms with Crippen LogP contribution in [0.5, 0.6) is 0 Å². The van der Waals surface area contributed by atoms with E-state index in [1.165, 1.54) is 6.26 Å². The lowest BCUT2D eigenvalue weighted by atomic mass is 9.92. The van der Waals surface area contributed by atoms with Gasteiger partial charge in [-0.2, -0.15) is 0 Å². The van der Waals surface area contributed by atoms with Crippen LogP contribution in [0.25, 0.3) is 0 Å². The molecule has 2 amide bonds. The molecule has 1 aliphatic rings. The number of primary amides is 1. The lowest BCUT2D eigenvalue weighted by molar-refractivity contribution is -0.121. The van der Waals surface area contributed by atoms with Crippen LogP contribution in [-0.2, 0) is 9.53 Å². The first kappa shape index (κ1) is 14.5. The number of carbonyl (C=O) groups excluding carboxylic acids is 2. The van der Waals surface area contributed by atoms with Crippen LogP contribution in [0.2, 0.25) is 0 Å². The highest BCUT2D eigenvalue weighted by molar-refractivity contribution is 5.96. The molecule has 110 valence electrons. The summed E-state index contributed by atoms with van der Waals surface area (Å²) in [5.74, 6) is -0.636. The number of rotatable bonds is 5. The van der Waals surface area contributed by atoms with Crippen molar-refractivity contribution in [2.75, 3.05) is 20.3 Å². The Balaban J connectivity index is 2.30. The van der Waals surface area contributed by atoms with E-state index in [0.29, 0.717) is 24.2 Å². The number of nitrogens with zero attached hydrogens (tertiary/aromatic N) is 2. The zero-order valence-corrected chi connectivity index (χ0v) is 11.7. The maximum Gasteiger partial charge on any atom is 0.259 e. The van der Waals surface area contributed by atoms with Gasteiger partial charge in [-0.15, -0.1) is 0 Å². The molecule has 20 heavy (non-hydrogen) atoms. The van der Waals surface area contributed by atoms with Gasteiger partial charge in [-0.05, 0) is 19.8 Å². The lowest BCUT2D eigenvalue weighted by Crippen LogP contribution is -2.52. The van der Waals surface area contributed by atoms with Gasteiger partial charge >= 0.3 is 0 Å². The topological polar surface area (TPSA) is 98.7 Å². The van der Waals surface area contributed by atoms with E-state index in [0.717, 1.165) is 6.42 Å². The van der Waals surface area contributed by atoms with Crippen molar-refractivity contribution in [2.45, 2.75) is 31.7 Å². The van der Waals surface area contributed by atoms with Crippen LogP contribution in [0.3, 0.4) is 0 Å². The van der Waals surface area contributed by atoms with E-state index in [9.17, 15) is 9.59 Å². The first-order valence-electron chi connectivity index (χ1n) is 6.50. The number of ether oxygens (including phenoxy) is 1. The Morgan fingerprint density at radius 3 is 2.90 bits per heavy atom.